The number of hydrogen-bond donors (Lipinski definition) is 2. The number of ether oxygens (including phenoxy) is 1. The lowest BCUT2D eigenvalue weighted by Crippen LogP contribution is -2.22. The number of amides is 1. The van der Waals surface area contributed by atoms with Crippen molar-refractivity contribution in [1.29, 1.82) is 0 Å². The van der Waals surface area contributed by atoms with Gasteiger partial charge in [-0.1, -0.05) is 11.6 Å². The van der Waals surface area contributed by atoms with Gasteiger partial charge in [0.25, 0.3) is 15.9 Å². The van der Waals surface area contributed by atoms with Gasteiger partial charge in [0.2, 0.25) is 0 Å². The Morgan fingerprint density at radius 1 is 1.15 bits per heavy atom. The molecule has 6 nitrogen and oxygen atoms in total. The molecule has 0 saturated heterocycles. The van der Waals surface area contributed by atoms with E-state index in [1.807, 2.05) is 0 Å². The van der Waals surface area contributed by atoms with E-state index in [9.17, 15) is 26.4 Å². The molecule has 0 aliphatic heterocycles. The lowest BCUT2D eigenvalue weighted by molar-refractivity contribution is -0.137. The van der Waals surface area contributed by atoms with Gasteiger partial charge in [0.15, 0.2) is 0 Å². The van der Waals surface area contributed by atoms with Gasteiger partial charge >= 0.3 is 6.18 Å². The Morgan fingerprint density at radius 3 is 2.37 bits per heavy atom. The van der Waals surface area contributed by atoms with Crippen LogP contribution in [0.3, 0.4) is 0 Å². The molecule has 0 saturated carbocycles. The number of rotatable bonds is 5. The number of anilines is 1. The molecule has 0 spiro atoms. The van der Waals surface area contributed by atoms with Crippen LogP contribution in [0.1, 0.15) is 15.9 Å². The Balaban J connectivity index is 2.53. The Hall–Kier alpha value is -2.46. The first kappa shape index (κ1) is 20.8. The fourth-order valence-corrected chi connectivity index (χ4v) is 3.75. The Kier molecular flexibility index (Phi) is 5.91. The molecule has 0 bridgehead atoms. The van der Waals surface area contributed by atoms with E-state index in [1.54, 1.807) is 0 Å². The van der Waals surface area contributed by atoms with E-state index in [2.05, 4.69) is 10.0 Å². The molecule has 2 aromatic carbocycles. The van der Waals surface area contributed by atoms with Gasteiger partial charge in [0.05, 0.1) is 28.9 Å². The minimum atomic E-state index is -4.75. The maximum atomic E-state index is 12.9. The standard InChI is InChI=1S/C16H14ClF3N2O4S/c1-21-15(23)11-8-10(26-2)4-6-13(11)22-27(24,25)14-7-9(16(18,19)20)3-5-12(14)17/h3-8,22H,1-2H3,(H,21,23). The van der Waals surface area contributed by atoms with Gasteiger partial charge in [-0.3, -0.25) is 9.52 Å². The van der Waals surface area contributed by atoms with Gasteiger partial charge in [-0.25, -0.2) is 8.42 Å². The summed E-state index contributed by atoms with van der Waals surface area (Å²) in [5.74, 6) is -0.338. The molecule has 0 radical (unpaired) electrons. The highest BCUT2D eigenvalue weighted by molar-refractivity contribution is 7.92. The molecule has 2 N–H and O–H groups in total. The largest absolute Gasteiger partial charge is 0.497 e. The van der Waals surface area contributed by atoms with Gasteiger partial charge in [-0.05, 0) is 36.4 Å². The van der Waals surface area contributed by atoms with Crippen molar-refractivity contribution in [2.24, 2.45) is 0 Å². The average Bonchev–Trinajstić information content (AvgIpc) is 2.60. The highest BCUT2D eigenvalue weighted by atomic mass is 35.5. The van der Waals surface area contributed by atoms with Crippen molar-refractivity contribution in [2.45, 2.75) is 11.1 Å². The smallest absolute Gasteiger partial charge is 0.416 e. The summed E-state index contributed by atoms with van der Waals surface area (Å²) >= 11 is 5.79. The number of methoxy groups -OCH3 is 1. The highest BCUT2D eigenvalue weighted by Gasteiger charge is 2.33. The molecule has 27 heavy (non-hydrogen) atoms. The van der Waals surface area contributed by atoms with Crippen LogP contribution < -0.4 is 14.8 Å². The molecule has 1 amide bonds. The number of alkyl halides is 3. The molecule has 0 atom stereocenters. The predicted octanol–water partition coefficient (Wildman–Crippen LogP) is 3.53. The second-order valence-electron chi connectivity index (χ2n) is 5.24. The SMILES string of the molecule is CNC(=O)c1cc(OC)ccc1NS(=O)(=O)c1cc(C(F)(F)F)ccc1Cl. The molecule has 2 aromatic rings. The first-order valence-electron chi connectivity index (χ1n) is 7.29. The third kappa shape index (κ3) is 4.64. The summed E-state index contributed by atoms with van der Waals surface area (Å²) in [6.07, 6.45) is -4.75. The molecule has 0 heterocycles. The van der Waals surface area contributed by atoms with Crippen molar-refractivity contribution in [1.82, 2.24) is 5.32 Å². The van der Waals surface area contributed by atoms with Crippen LogP contribution in [0.4, 0.5) is 18.9 Å². The van der Waals surface area contributed by atoms with Gasteiger partial charge in [-0.15, -0.1) is 0 Å². The second-order valence-corrected chi connectivity index (χ2v) is 7.30. The molecule has 0 unspecified atom stereocenters. The van der Waals surface area contributed by atoms with Crippen LogP contribution in [0.25, 0.3) is 0 Å². The van der Waals surface area contributed by atoms with Crippen molar-refractivity contribution in [3.05, 3.63) is 52.5 Å². The molecule has 146 valence electrons. The lowest BCUT2D eigenvalue weighted by atomic mass is 10.1. The van der Waals surface area contributed by atoms with Crippen molar-refractivity contribution in [2.75, 3.05) is 18.9 Å². The number of nitrogens with one attached hydrogen (secondary N) is 2. The molecule has 11 heteroatoms. The average molecular weight is 423 g/mol. The van der Waals surface area contributed by atoms with Crippen molar-refractivity contribution in [3.8, 4) is 5.75 Å². The quantitative estimate of drug-likeness (QED) is 0.772. The van der Waals surface area contributed by atoms with Crippen LogP contribution in [-0.4, -0.2) is 28.5 Å². The van der Waals surface area contributed by atoms with Crippen LogP contribution in [0.2, 0.25) is 5.02 Å². The van der Waals surface area contributed by atoms with Gasteiger partial charge in [0, 0.05) is 7.05 Å². The van der Waals surface area contributed by atoms with E-state index in [4.69, 9.17) is 16.3 Å². The van der Waals surface area contributed by atoms with Crippen molar-refractivity contribution >= 4 is 33.2 Å². The van der Waals surface area contributed by atoms with Crippen LogP contribution in [0.15, 0.2) is 41.3 Å². The van der Waals surface area contributed by atoms with E-state index in [-0.39, 0.29) is 17.0 Å². The van der Waals surface area contributed by atoms with Gasteiger partial charge in [0.1, 0.15) is 10.6 Å². The molecule has 0 aliphatic carbocycles. The fraction of sp³-hybridized carbons (Fsp3) is 0.188. The Labute approximate surface area is 158 Å². The van der Waals surface area contributed by atoms with Crippen molar-refractivity contribution < 1.29 is 31.1 Å². The number of benzene rings is 2. The van der Waals surface area contributed by atoms with Crippen LogP contribution in [0.5, 0.6) is 5.75 Å². The monoisotopic (exact) mass is 422 g/mol. The van der Waals surface area contributed by atoms with Crippen LogP contribution in [0, 0.1) is 0 Å². The zero-order valence-corrected chi connectivity index (χ0v) is 15.6. The minimum absolute atomic E-state index is 0.0801. The van der Waals surface area contributed by atoms with E-state index < -0.39 is 37.6 Å². The molecular weight excluding hydrogens is 409 g/mol. The Morgan fingerprint density at radius 2 is 1.81 bits per heavy atom. The number of hydrogen-bond acceptors (Lipinski definition) is 4. The summed E-state index contributed by atoms with van der Waals surface area (Å²) in [5.41, 5.74) is -1.40. The maximum Gasteiger partial charge on any atom is 0.416 e. The molecule has 0 aliphatic rings. The zero-order valence-electron chi connectivity index (χ0n) is 14.0. The molecule has 2 rings (SSSR count). The third-order valence-corrected chi connectivity index (χ3v) is 5.34. The predicted molar refractivity (Wildman–Crippen MR) is 93.6 cm³/mol. The second kappa shape index (κ2) is 7.65. The minimum Gasteiger partial charge on any atom is -0.497 e. The summed E-state index contributed by atoms with van der Waals surface area (Å²) in [7, 11) is -1.82. The van der Waals surface area contributed by atoms with E-state index >= 15 is 0 Å². The van der Waals surface area contributed by atoms with Gasteiger partial charge in [-0.2, -0.15) is 13.2 Å². The molecular formula is C16H14ClF3N2O4S. The van der Waals surface area contributed by atoms with E-state index in [1.165, 1.54) is 32.4 Å². The molecule has 0 aromatic heterocycles. The Bertz CT molecular complexity index is 978. The molecule has 0 fully saturated rings. The maximum absolute atomic E-state index is 12.9. The summed E-state index contributed by atoms with van der Waals surface area (Å²) < 4.78 is 70.9. The summed E-state index contributed by atoms with van der Waals surface area (Å²) in [4.78, 5) is 11.2. The van der Waals surface area contributed by atoms with E-state index in [0.29, 0.717) is 12.1 Å². The zero-order chi connectivity index (χ0) is 20.4. The van der Waals surface area contributed by atoms with Gasteiger partial charge < -0.3 is 10.1 Å². The topological polar surface area (TPSA) is 84.5 Å². The number of halogens is 4. The van der Waals surface area contributed by atoms with E-state index in [0.717, 1.165) is 6.07 Å². The van der Waals surface area contributed by atoms with Crippen LogP contribution >= 0.6 is 11.6 Å². The normalized spacial score (nSPS) is 11.8. The lowest BCUT2D eigenvalue weighted by Gasteiger charge is -2.15. The summed E-state index contributed by atoms with van der Waals surface area (Å²) in [5, 5.41) is 1.94. The highest BCUT2D eigenvalue weighted by Crippen LogP contribution is 2.34. The number of sulfonamides is 1. The first-order valence-corrected chi connectivity index (χ1v) is 9.15. The van der Waals surface area contributed by atoms with Crippen molar-refractivity contribution in [3.63, 3.8) is 0 Å². The number of carbonyl (C=O) groups is 1. The first-order chi connectivity index (χ1) is 12.5. The number of carbonyl (C=O) groups excluding carboxylic acids is 1. The third-order valence-electron chi connectivity index (χ3n) is 3.49. The van der Waals surface area contributed by atoms with Crippen LogP contribution in [-0.2, 0) is 16.2 Å². The fourth-order valence-electron chi connectivity index (χ4n) is 2.15. The summed E-state index contributed by atoms with van der Waals surface area (Å²) in [6.45, 7) is 0. The summed E-state index contributed by atoms with van der Waals surface area (Å²) in [6, 6.07) is 5.86.